The molecule has 1 aromatic rings. The molecule has 0 heterocycles. The second-order valence-electron chi connectivity index (χ2n) is 9.73. The number of nitrogens with one attached hydrogen (secondary N) is 3. The number of carbonyl (C=O) groups excluding carboxylic acids is 3. The SMILES string of the molecule is CC(C)CC(N)C(=O)NC(CCC(=O)O)C(=O)NC(Cc1ccc(O)cc1)C(=O)NC(C(=O)O)C(C)C. The molecular weight excluding hydrogens is 484 g/mol. The lowest BCUT2D eigenvalue weighted by molar-refractivity contribution is -0.143. The predicted molar refractivity (Wildman–Crippen MR) is 134 cm³/mol. The lowest BCUT2D eigenvalue weighted by Crippen LogP contribution is -2.58. The first-order valence-electron chi connectivity index (χ1n) is 12.1. The van der Waals surface area contributed by atoms with Crippen molar-refractivity contribution in [2.45, 2.75) is 77.5 Å². The van der Waals surface area contributed by atoms with Gasteiger partial charge in [0, 0.05) is 12.8 Å². The second-order valence-corrected chi connectivity index (χ2v) is 9.73. The molecule has 0 saturated heterocycles. The summed E-state index contributed by atoms with van der Waals surface area (Å²) in [4.78, 5) is 61.5. The summed E-state index contributed by atoms with van der Waals surface area (Å²) in [5.74, 6) is -5.01. The number of phenolic OH excluding ortho intramolecular Hbond substituents is 1. The Bertz CT molecular complexity index is 949. The zero-order chi connectivity index (χ0) is 28.3. The fourth-order valence-corrected chi connectivity index (χ4v) is 3.55. The Balaban J connectivity index is 3.18. The van der Waals surface area contributed by atoms with Gasteiger partial charge in [-0.1, -0.05) is 39.8 Å². The van der Waals surface area contributed by atoms with Crippen molar-refractivity contribution in [3.05, 3.63) is 29.8 Å². The lowest BCUT2D eigenvalue weighted by atomic mass is 10.0. The lowest BCUT2D eigenvalue weighted by Gasteiger charge is -2.26. The number of aliphatic carboxylic acids is 2. The summed E-state index contributed by atoms with van der Waals surface area (Å²) in [5, 5.41) is 35.5. The number of hydrogen-bond donors (Lipinski definition) is 7. The number of phenols is 1. The molecule has 4 unspecified atom stereocenters. The van der Waals surface area contributed by atoms with E-state index in [1.165, 1.54) is 24.3 Å². The second kappa shape index (κ2) is 14.8. The molecule has 4 atom stereocenters. The van der Waals surface area contributed by atoms with Crippen molar-refractivity contribution in [1.82, 2.24) is 16.0 Å². The summed E-state index contributed by atoms with van der Waals surface area (Å²) in [6.45, 7) is 6.97. The third kappa shape index (κ3) is 11.3. The normalized spacial score (nSPS) is 14.4. The van der Waals surface area contributed by atoms with Gasteiger partial charge in [0.1, 0.15) is 23.9 Å². The molecule has 0 aliphatic rings. The quantitative estimate of drug-likeness (QED) is 0.169. The minimum absolute atomic E-state index is 0.00582. The van der Waals surface area contributed by atoms with Crippen molar-refractivity contribution in [3.63, 3.8) is 0 Å². The highest BCUT2D eigenvalue weighted by atomic mass is 16.4. The number of benzene rings is 1. The Hall–Kier alpha value is -3.67. The number of rotatable bonds is 15. The molecule has 0 aliphatic carbocycles. The van der Waals surface area contributed by atoms with E-state index in [9.17, 15) is 34.2 Å². The topological polar surface area (TPSA) is 208 Å². The van der Waals surface area contributed by atoms with Crippen LogP contribution in [0.1, 0.15) is 52.5 Å². The summed E-state index contributed by atoms with van der Waals surface area (Å²) in [5.41, 5.74) is 6.45. The van der Waals surface area contributed by atoms with Gasteiger partial charge in [-0.25, -0.2) is 4.79 Å². The van der Waals surface area contributed by atoms with E-state index in [1.54, 1.807) is 13.8 Å². The van der Waals surface area contributed by atoms with Crippen molar-refractivity contribution in [2.24, 2.45) is 17.6 Å². The summed E-state index contributed by atoms with van der Waals surface area (Å²) in [7, 11) is 0. The van der Waals surface area contributed by atoms with Gasteiger partial charge in [0.15, 0.2) is 0 Å². The van der Waals surface area contributed by atoms with Gasteiger partial charge >= 0.3 is 11.9 Å². The van der Waals surface area contributed by atoms with Crippen LogP contribution >= 0.6 is 0 Å². The standard InChI is InChI=1S/C25H38N4O8/c1-13(2)11-17(26)22(33)27-18(9-10-20(31)32)23(34)28-19(12-15-5-7-16(30)8-6-15)24(35)29-21(14(3)4)25(36)37/h5-8,13-14,17-19,21,30H,9-12,26H2,1-4H3,(H,27,33)(H,28,34)(H,29,35)(H,31,32)(H,36,37). The van der Waals surface area contributed by atoms with Crippen molar-refractivity contribution in [2.75, 3.05) is 0 Å². The van der Waals surface area contributed by atoms with E-state index >= 15 is 0 Å². The largest absolute Gasteiger partial charge is 0.508 e. The first-order valence-corrected chi connectivity index (χ1v) is 12.1. The van der Waals surface area contributed by atoms with Crippen molar-refractivity contribution < 1.29 is 39.3 Å². The summed E-state index contributed by atoms with van der Waals surface area (Å²) < 4.78 is 0. The molecule has 8 N–H and O–H groups in total. The molecule has 0 radical (unpaired) electrons. The van der Waals surface area contributed by atoms with E-state index in [4.69, 9.17) is 10.8 Å². The van der Waals surface area contributed by atoms with Crippen molar-refractivity contribution in [1.29, 1.82) is 0 Å². The molecule has 0 fully saturated rings. The van der Waals surface area contributed by atoms with Gasteiger partial charge in [-0.05, 0) is 42.4 Å². The molecule has 0 aromatic heterocycles. The van der Waals surface area contributed by atoms with Gasteiger partial charge in [0.05, 0.1) is 6.04 Å². The molecule has 1 aromatic carbocycles. The van der Waals surface area contributed by atoms with Gasteiger partial charge in [0.2, 0.25) is 17.7 Å². The summed E-state index contributed by atoms with van der Waals surface area (Å²) in [6, 6.07) is 1.17. The number of amides is 3. The van der Waals surface area contributed by atoms with Gasteiger partial charge in [-0.2, -0.15) is 0 Å². The molecule has 37 heavy (non-hydrogen) atoms. The highest BCUT2D eigenvalue weighted by Crippen LogP contribution is 2.13. The first kappa shape index (κ1) is 31.4. The van der Waals surface area contributed by atoms with Crippen LogP contribution in [0.4, 0.5) is 0 Å². The number of carboxylic acids is 2. The maximum Gasteiger partial charge on any atom is 0.326 e. The monoisotopic (exact) mass is 522 g/mol. The van der Waals surface area contributed by atoms with Crippen LogP contribution in [0.5, 0.6) is 5.75 Å². The maximum absolute atomic E-state index is 13.2. The fraction of sp³-hybridized carbons (Fsp3) is 0.560. The minimum Gasteiger partial charge on any atom is -0.508 e. The average Bonchev–Trinajstić information content (AvgIpc) is 2.79. The molecule has 0 saturated carbocycles. The van der Waals surface area contributed by atoms with Crippen molar-refractivity contribution >= 4 is 29.7 Å². The predicted octanol–water partition coefficient (Wildman–Crippen LogP) is 0.368. The average molecular weight is 523 g/mol. The minimum atomic E-state index is -1.29. The van der Waals surface area contributed by atoms with E-state index in [0.717, 1.165) is 0 Å². The molecular formula is C25H38N4O8. The Morgan fingerprint density at radius 2 is 1.38 bits per heavy atom. The Morgan fingerprint density at radius 3 is 1.86 bits per heavy atom. The van der Waals surface area contributed by atoms with E-state index < -0.39 is 66.2 Å². The van der Waals surface area contributed by atoms with E-state index in [1.807, 2.05) is 13.8 Å². The summed E-state index contributed by atoms with van der Waals surface area (Å²) in [6.07, 6.45) is -0.398. The Morgan fingerprint density at radius 1 is 0.838 bits per heavy atom. The highest BCUT2D eigenvalue weighted by molar-refractivity contribution is 5.94. The van der Waals surface area contributed by atoms with Crippen LogP contribution in [0, 0.1) is 11.8 Å². The van der Waals surface area contributed by atoms with Gasteiger partial charge in [-0.15, -0.1) is 0 Å². The molecule has 206 valence electrons. The highest BCUT2D eigenvalue weighted by Gasteiger charge is 2.31. The fourth-order valence-electron chi connectivity index (χ4n) is 3.55. The number of carboxylic acid groups (broad SMARTS) is 2. The zero-order valence-electron chi connectivity index (χ0n) is 21.6. The number of carbonyl (C=O) groups is 5. The van der Waals surface area contributed by atoms with Crippen LogP contribution < -0.4 is 21.7 Å². The molecule has 3 amide bonds. The summed E-state index contributed by atoms with van der Waals surface area (Å²) >= 11 is 0. The smallest absolute Gasteiger partial charge is 0.326 e. The van der Waals surface area contributed by atoms with Crippen LogP contribution in [-0.4, -0.2) is 69.1 Å². The molecule has 1 rings (SSSR count). The van der Waals surface area contributed by atoms with Crippen LogP contribution in [-0.2, 0) is 30.4 Å². The van der Waals surface area contributed by atoms with E-state index in [-0.39, 0.29) is 24.5 Å². The van der Waals surface area contributed by atoms with E-state index in [2.05, 4.69) is 16.0 Å². The first-order chi connectivity index (χ1) is 17.2. The molecule has 0 aliphatic heterocycles. The zero-order valence-corrected chi connectivity index (χ0v) is 21.6. The van der Waals surface area contributed by atoms with Crippen molar-refractivity contribution in [3.8, 4) is 5.75 Å². The maximum atomic E-state index is 13.2. The van der Waals surface area contributed by atoms with Crippen LogP contribution in [0.15, 0.2) is 24.3 Å². The van der Waals surface area contributed by atoms with Crippen LogP contribution in [0.25, 0.3) is 0 Å². The Labute approximate surface area is 216 Å². The number of hydrogen-bond acceptors (Lipinski definition) is 7. The number of nitrogens with two attached hydrogens (primary N) is 1. The van der Waals surface area contributed by atoms with E-state index in [0.29, 0.717) is 12.0 Å². The molecule has 12 nitrogen and oxygen atoms in total. The molecule has 0 spiro atoms. The van der Waals surface area contributed by atoms with Gasteiger partial charge < -0.3 is 37.0 Å². The van der Waals surface area contributed by atoms with Gasteiger partial charge in [-0.3, -0.25) is 19.2 Å². The Kier molecular flexibility index (Phi) is 12.5. The third-order valence-corrected chi connectivity index (χ3v) is 5.58. The molecule has 12 heteroatoms. The molecule has 0 bridgehead atoms. The van der Waals surface area contributed by atoms with Gasteiger partial charge in [0.25, 0.3) is 0 Å². The van der Waals surface area contributed by atoms with Crippen LogP contribution in [0.2, 0.25) is 0 Å². The van der Waals surface area contributed by atoms with Crippen LogP contribution in [0.3, 0.4) is 0 Å². The third-order valence-electron chi connectivity index (χ3n) is 5.58. The number of aromatic hydroxyl groups is 1.